The van der Waals surface area contributed by atoms with Crippen LogP contribution in [-0.2, 0) is 0 Å². The number of rotatable bonds is 1. The van der Waals surface area contributed by atoms with Crippen molar-refractivity contribution in [3.05, 3.63) is 76.4 Å². The highest BCUT2D eigenvalue weighted by atomic mass is 16.1. The normalized spacial score (nSPS) is 12.9. The van der Waals surface area contributed by atoms with Crippen LogP contribution >= 0.6 is 0 Å². The summed E-state index contributed by atoms with van der Waals surface area (Å²) >= 11 is 0. The van der Waals surface area contributed by atoms with E-state index < -0.39 is 0 Å². The molecule has 0 amide bonds. The fourth-order valence-corrected chi connectivity index (χ4v) is 2.87. The molecule has 0 bridgehead atoms. The molecule has 0 N–H and O–H groups in total. The van der Waals surface area contributed by atoms with Crippen molar-refractivity contribution < 1.29 is 9.59 Å². The molecule has 20 heavy (non-hydrogen) atoms. The Morgan fingerprint density at radius 3 is 2.35 bits per heavy atom. The summed E-state index contributed by atoms with van der Waals surface area (Å²) in [5, 5.41) is 0. The minimum absolute atomic E-state index is 0.0862. The van der Waals surface area contributed by atoms with Crippen LogP contribution in [0.4, 0.5) is 0 Å². The summed E-state index contributed by atoms with van der Waals surface area (Å²) in [6, 6.07) is 11.0. The SMILES string of the molecule is C=C1c2cccc(C(C)=O)c2C(=O)c2cccc(C)c21. The maximum atomic E-state index is 12.7. The number of hydrogen-bond acceptors (Lipinski definition) is 2. The van der Waals surface area contributed by atoms with Crippen molar-refractivity contribution in [3.63, 3.8) is 0 Å². The number of ketones is 2. The van der Waals surface area contributed by atoms with Gasteiger partial charge >= 0.3 is 0 Å². The Hall–Kier alpha value is -2.48. The maximum Gasteiger partial charge on any atom is 0.195 e. The van der Waals surface area contributed by atoms with Crippen LogP contribution in [0.1, 0.15) is 49.9 Å². The first-order valence-corrected chi connectivity index (χ1v) is 6.50. The molecule has 0 unspecified atom stereocenters. The molecule has 3 rings (SSSR count). The van der Waals surface area contributed by atoms with Gasteiger partial charge in [0.2, 0.25) is 0 Å². The molecule has 0 spiro atoms. The number of aryl methyl sites for hydroxylation is 1. The van der Waals surface area contributed by atoms with E-state index in [9.17, 15) is 9.59 Å². The van der Waals surface area contributed by atoms with Crippen molar-refractivity contribution in [3.8, 4) is 0 Å². The summed E-state index contributed by atoms with van der Waals surface area (Å²) in [5.74, 6) is -0.184. The number of benzene rings is 2. The van der Waals surface area contributed by atoms with Crippen LogP contribution in [0.2, 0.25) is 0 Å². The van der Waals surface area contributed by atoms with Crippen molar-refractivity contribution in [2.75, 3.05) is 0 Å². The van der Waals surface area contributed by atoms with E-state index >= 15 is 0 Å². The van der Waals surface area contributed by atoms with Gasteiger partial charge in [-0.3, -0.25) is 9.59 Å². The van der Waals surface area contributed by atoms with Gasteiger partial charge in [0, 0.05) is 16.7 Å². The average molecular weight is 262 g/mol. The van der Waals surface area contributed by atoms with E-state index in [1.165, 1.54) is 6.92 Å². The van der Waals surface area contributed by atoms with Gasteiger partial charge in [-0.05, 0) is 36.1 Å². The molecule has 0 aliphatic heterocycles. The molecule has 98 valence electrons. The second-order valence-electron chi connectivity index (χ2n) is 5.09. The molecule has 2 aromatic rings. The molecule has 1 aliphatic rings. The molecular formula is C18H14O2. The van der Waals surface area contributed by atoms with Gasteiger partial charge in [0.15, 0.2) is 11.6 Å². The van der Waals surface area contributed by atoms with Crippen LogP contribution in [0, 0.1) is 6.92 Å². The highest BCUT2D eigenvalue weighted by Crippen LogP contribution is 2.37. The summed E-state index contributed by atoms with van der Waals surface area (Å²) in [6.07, 6.45) is 0. The van der Waals surface area contributed by atoms with Gasteiger partial charge in [0.25, 0.3) is 0 Å². The van der Waals surface area contributed by atoms with Gasteiger partial charge in [0.05, 0.1) is 0 Å². The summed E-state index contributed by atoms with van der Waals surface area (Å²) in [6.45, 7) is 7.58. The quantitative estimate of drug-likeness (QED) is 0.625. The van der Waals surface area contributed by atoms with E-state index in [1.807, 2.05) is 25.1 Å². The molecule has 0 aromatic heterocycles. The van der Waals surface area contributed by atoms with Gasteiger partial charge in [0.1, 0.15) is 0 Å². The minimum Gasteiger partial charge on any atom is -0.294 e. The van der Waals surface area contributed by atoms with Crippen molar-refractivity contribution in [1.29, 1.82) is 0 Å². The smallest absolute Gasteiger partial charge is 0.195 e. The standard InChI is InChI=1S/C18H14O2/c1-10-6-4-9-15-16(10)11(2)13-7-5-8-14(12(3)19)17(13)18(15)20/h4-9H,2H2,1,3H3. The fourth-order valence-electron chi connectivity index (χ4n) is 2.87. The molecule has 0 atom stereocenters. The molecule has 0 radical (unpaired) electrons. The third-order valence-electron chi connectivity index (χ3n) is 3.82. The summed E-state index contributed by atoms with van der Waals surface area (Å²) in [7, 11) is 0. The third-order valence-corrected chi connectivity index (χ3v) is 3.82. The van der Waals surface area contributed by atoms with Gasteiger partial charge < -0.3 is 0 Å². The number of Topliss-reactive ketones (excluding diaryl/α,β-unsaturated/α-hetero) is 1. The second-order valence-corrected chi connectivity index (χ2v) is 5.09. The van der Waals surface area contributed by atoms with Gasteiger partial charge in [-0.15, -0.1) is 0 Å². The van der Waals surface area contributed by atoms with Crippen molar-refractivity contribution in [2.24, 2.45) is 0 Å². The van der Waals surface area contributed by atoms with E-state index in [2.05, 4.69) is 6.58 Å². The Kier molecular flexibility index (Phi) is 2.68. The molecule has 2 aromatic carbocycles. The molecule has 0 heterocycles. The topological polar surface area (TPSA) is 34.1 Å². The molecule has 2 heteroatoms. The van der Waals surface area contributed by atoms with Crippen LogP contribution in [-0.4, -0.2) is 11.6 Å². The predicted molar refractivity (Wildman–Crippen MR) is 79.2 cm³/mol. The molecule has 0 saturated heterocycles. The maximum absolute atomic E-state index is 12.7. The van der Waals surface area contributed by atoms with E-state index in [0.29, 0.717) is 16.7 Å². The van der Waals surface area contributed by atoms with Crippen LogP contribution in [0.3, 0.4) is 0 Å². The number of carbonyl (C=O) groups is 2. The second kappa shape index (κ2) is 4.27. The minimum atomic E-state index is -0.0981. The van der Waals surface area contributed by atoms with Crippen molar-refractivity contribution in [1.82, 2.24) is 0 Å². The first-order chi connectivity index (χ1) is 9.52. The Balaban J connectivity index is 2.38. The van der Waals surface area contributed by atoms with Crippen LogP contribution in [0.15, 0.2) is 43.0 Å². The van der Waals surface area contributed by atoms with Gasteiger partial charge in [-0.25, -0.2) is 0 Å². The number of hydrogen-bond donors (Lipinski definition) is 0. The third kappa shape index (κ3) is 1.58. The number of fused-ring (bicyclic) bond motifs is 2. The van der Waals surface area contributed by atoms with Crippen LogP contribution < -0.4 is 0 Å². The molecule has 0 fully saturated rings. The first kappa shape index (κ1) is 12.5. The summed E-state index contributed by atoms with van der Waals surface area (Å²) in [4.78, 5) is 24.5. The van der Waals surface area contributed by atoms with Crippen molar-refractivity contribution >= 4 is 17.1 Å². The zero-order valence-corrected chi connectivity index (χ0v) is 11.5. The lowest BCUT2D eigenvalue weighted by Gasteiger charge is -2.23. The predicted octanol–water partition coefficient (Wildman–Crippen LogP) is 3.80. The zero-order chi connectivity index (χ0) is 14.4. The first-order valence-electron chi connectivity index (χ1n) is 6.50. The monoisotopic (exact) mass is 262 g/mol. The van der Waals surface area contributed by atoms with Gasteiger partial charge in [-0.1, -0.05) is 43.0 Å². The van der Waals surface area contributed by atoms with E-state index in [0.717, 1.165) is 22.3 Å². The highest BCUT2D eigenvalue weighted by molar-refractivity contribution is 6.23. The van der Waals surface area contributed by atoms with Crippen LogP contribution in [0.5, 0.6) is 0 Å². The van der Waals surface area contributed by atoms with E-state index in [4.69, 9.17) is 0 Å². The Morgan fingerprint density at radius 2 is 1.65 bits per heavy atom. The lowest BCUT2D eigenvalue weighted by Crippen LogP contribution is -2.18. The Labute approximate surface area is 117 Å². The molecular weight excluding hydrogens is 248 g/mol. The average Bonchev–Trinajstić information content (AvgIpc) is 2.43. The van der Waals surface area contributed by atoms with E-state index in [1.54, 1.807) is 18.2 Å². The molecule has 1 aliphatic carbocycles. The number of carbonyl (C=O) groups excluding carboxylic acids is 2. The zero-order valence-electron chi connectivity index (χ0n) is 11.5. The highest BCUT2D eigenvalue weighted by Gasteiger charge is 2.29. The largest absolute Gasteiger partial charge is 0.294 e. The summed E-state index contributed by atoms with van der Waals surface area (Å²) < 4.78 is 0. The Bertz CT molecular complexity index is 782. The van der Waals surface area contributed by atoms with Gasteiger partial charge in [-0.2, -0.15) is 0 Å². The lowest BCUT2D eigenvalue weighted by atomic mass is 9.78. The fraction of sp³-hybridized carbons (Fsp3) is 0.111. The van der Waals surface area contributed by atoms with E-state index in [-0.39, 0.29) is 11.6 Å². The molecule has 0 saturated carbocycles. The molecule has 2 nitrogen and oxygen atoms in total. The lowest BCUT2D eigenvalue weighted by molar-refractivity contribution is 0.0989. The Morgan fingerprint density at radius 1 is 1.00 bits per heavy atom. The van der Waals surface area contributed by atoms with Crippen LogP contribution in [0.25, 0.3) is 5.57 Å². The van der Waals surface area contributed by atoms with Crippen molar-refractivity contribution in [2.45, 2.75) is 13.8 Å². The summed E-state index contributed by atoms with van der Waals surface area (Å²) in [5.41, 5.74) is 5.10.